The molecule has 0 aliphatic heterocycles. The van der Waals surface area contributed by atoms with Crippen LogP contribution >= 0.6 is 10.0 Å². The van der Waals surface area contributed by atoms with Crippen molar-refractivity contribution in [1.82, 2.24) is 0 Å². The highest BCUT2D eigenvalue weighted by molar-refractivity contribution is 8.34. The summed E-state index contributed by atoms with van der Waals surface area (Å²) in [7, 11) is -1.63. The normalized spacial score (nSPS) is 12.6. The van der Waals surface area contributed by atoms with Crippen LogP contribution in [-0.2, 0) is 0 Å². The van der Waals surface area contributed by atoms with E-state index in [9.17, 15) is 0 Å². The summed E-state index contributed by atoms with van der Waals surface area (Å²) in [5.74, 6) is 0. The summed E-state index contributed by atoms with van der Waals surface area (Å²) < 4.78 is 0. The fourth-order valence-electron chi connectivity index (χ4n) is 4.07. The summed E-state index contributed by atoms with van der Waals surface area (Å²) in [6, 6.07) is 41.9. The molecular weight excluding hydrogens is 404 g/mol. The minimum Gasteiger partial charge on any atom is -0.133 e. The van der Waals surface area contributed by atoms with Crippen molar-refractivity contribution in [3.8, 4) is 0 Å². The van der Waals surface area contributed by atoms with Gasteiger partial charge in [-0.2, -0.15) is 0 Å². The predicted octanol–water partition coefficient (Wildman–Crippen LogP) is 9.17. The van der Waals surface area contributed by atoms with E-state index >= 15 is 0 Å². The fraction of sp³-hybridized carbons (Fsp3) is 0.0323. The Hall–Kier alpha value is -3.55. The molecule has 0 saturated heterocycles. The molecule has 0 unspecified atom stereocenters. The molecule has 0 fully saturated rings. The largest absolute Gasteiger partial charge is 0.133 e. The van der Waals surface area contributed by atoms with Crippen LogP contribution in [0.4, 0.5) is 0 Å². The van der Waals surface area contributed by atoms with E-state index in [1.54, 1.807) is 0 Å². The molecular formula is C31H28S. The highest BCUT2D eigenvalue weighted by atomic mass is 32.3. The van der Waals surface area contributed by atoms with Gasteiger partial charge in [0, 0.05) is 19.6 Å². The van der Waals surface area contributed by atoms with Crippen LogP contribution in [0.5, 0.6) is 0 Å². The monoisotopic (exact) mass is 432 g/mol. The van der Waals surface area contributed by atoms with Gasteiger partial charge in [-0.15, -0.1) is 10.0 Å². The maximum Gasteiger partial charge on any atom is 0.00233 e. The molecule has 0 aliphatic rings. The van der Waals surface area contributed by atoms with Crippen molar-refractivity contribution in [1.29, 1.82) is 0 Å². The Labute approximate surface area is 193 Å². The van der Waals surface area contributed by atoms with Crippen molar-refractivity contribution in [2.24, 2.45) is 0 Å². The third kappa shape index (κ3) is 4.12. The summed E-state index contributed by atoms with van der Waals surface area (Å²) in [5.41, 5.74) is 2.40. The van der Waals surface area contributed by atoms with Crippen molar-refractivity contribution < 1.29 is 0 Å². The summed E-state index contributed by atoms with van der Waals surface area (Å²) in [6.07, 6.45) is 8.04. The minimum atomic E-state index is -1.63. The van der Waals surface area contributed by atoms with Crippen LogP contribution in [0.1, 0.15) is 12.5 Å². The summed E-state index contributed by atoms with van der Waals surface area (Å²) in [6.45, 7) is 5.87. The molecule has 0 radical (unpaired) electrons. The average molecular weight is 433 g/mol. The van der Waals surface area contributed by atoms with Gasteiger partial charge in [0.05, 0.1) is 0 Å². The van der Waals surface area contributed by atoms with Crippen LogP contribution in [0.15, 0.2) is 166 Å². The molecule has 4 aromatic rings. The van der Waals surface area contributed by atoms with Gasteiger partial charge in [0.2, 0.25) is 0 Å². The smallest absolute Gasteiger partial charge is 0.00233 e. The van der Waals surface area contributed by atoms with Gasteiger partial charge in [0.15, 0.2) is 0 Å². The molecule has 0 nitrogen and oxygen atoms in total. The predicted molar refractivity (Wildman–Crippen MR) is 139 cm³/mol. The van der Waals surface area contributed by atoms with E-state index in [2.05, 4.69) is 141 Å². The number of benzene rings is 4. The van der Waals surface area contributed by atoms with Gasteiger partial charge in [-0.1, -0.05) is 97.6 Å². The van der Waals surface area contributed by atoms with Crippen molar-refractivity contribution >= 4 is 15.6 Å². The lowest BCUT2D eigenvalue weighted by Crippen LogP contribution is -2.05. The molecule has 0 aromatic heterocycles. The van der Waals surface area contributed by atoms with E-state index in [0.717, 1.165) is 0 Å². The maximum absolute atomic E-state index is 3.80. The van der Waals surface area contributed by atoms with Crippen LogP contribution in [0.3, 0.4) is 0 Å². The first kappa shape index (κ1) is 21.7. The van der Waals surface area contributed by atoms with Crippen molar-refractivity contribution in [2.75, 3.05) is 0 Å². The zero-order valence-electron chi connectivity index (χ0n) is 18.4. The molecule has 0 aliphatic carbocycles. The zero-order valence-corrected chi connectivity index (χ0v) is 19.2. The lowest BCUT2D eigenvalue weighted by atomic mass is 10.1. The average Bonchev–Trinajstić information content (AvgIpc) is 2.88. The van der Waals surface area contributed by atoms with Gasteiger partial charge in [-0.25, -0.2) is 0 Å². The van der Waals surface area contributed by atoms with Gasteiger partial charge >= 0.3 is 0 Å². The third-order valence-electron chi connectivity index (χ3n) is 5.55. The third-order valence-corrected chi connectivity index (χ3v) is 9.47. The van der Waals surface area contributed by atoms with Crippen LogP contribution < -0.4 is 0 Å². The maximum atomic E-state index is 3.80. The Bertz CT molecular complexity index is 1110. The summed E-state index contributed by atoms with van der Waals surface area (Å²) in [5, 5.41) is 0. The van der Waals surface area contributed by atoms with E-state index in [1.807, 2.05) is 12.2 Å². The van der Waals surface area contributed by atoms with Crippen molar-refractivity contribution in [3.63, 3.8) is 0 Å². The fourth-order valence-corrected chi connectivity index (χ4v) is 7.95. The molecule has 4 aromatic carbocycles. The highest BCUT2D eigenvalue weighted by Gasteiger charge is 2.32. The van der Waals surface area contributed by atoms with Gasteiger partial charge in [-0.3, -0.25) is 0 Å². The molecule has 0 atom stereocenters. The molecule has 0 amide bonds. The van der Waals surface area contributed by atoms with Gasteiger partial charge in [-0.05, 0) is 66.6 Å². The standard InChI is InChI=1S/C31H28S/c1-3-5-15-26(4-2)27-22-24-31(25-23-27)32(28-16-9-6-10-17-28,29-18-11-7-12-19-29)30-20-13-8-14-21-30/h3-25H,1H2,2H3/b15-5-,26-4+. The number of hydrogen-bond donors (Lipinski definition) is 0. The molecule has 158 valence electrons. The van der Waals surface area contributed by atoms with Crippen LogP contribution in [-0.4, -0.2) is 0 Å². The Morgan fingerprint density at radius 2 is 1.00 bits per heavy atom. The molecule has 1 heteroatoms. The highest BCUT2D eigenvalue weighted by Crippen LogP contribution is 2.73. The minimum absolute atomic E-state index is 1.19. The number of hydrogen-bond acceptors (Lipinski definition) is 0. The lowest BCUT2D eigenvalue weighted by Gasteiger charge is -2.42. The second kappa shape index (κ2) is 10.2. The Kier molecular flexibility index (Phi) is 6.89. The van der Waals surface area contributed by atoms with Gasteiger partial charge in [0.25, 0.3) is 0 Å². The van der Waals surface area contributed by atoms with E-state index in [-0.39, 0.29) is 0 Å². The Morgan fingerprint density at radius 3 is 1.38 bits per heavy atom. The Morgan fingerprint density at radius 1 is 0.594 bits per heavy atom. The molecule has 4 rings (SSSR count). The van der Waals surface area contributed by atoms with Gasteiger partial charge < -0.3 is 0 Å². The molecule has 0 saturated carbocycles. The quantitative estimate of drug-likeness (QED) is 0.255. The first-order valence-electron chi connectivity index (χ1n) is 10.8. The molecule has 0 bridgehead atoms. The zero-order chi connectivity index (χ0) is 22.2. The molecule has 0 heterocycles. The number of allylic oxidation sites excluding steroid dienone is 5. The van der Waals surface area contributed by atoms with Crippen LogP contribution in [0.2, 0.25) is 0 Å². The second-order valence-corrected chi connectivity index (χ2v) is 10.5. The van der Waals surface area contributed by atoms with Gasteiger partial charge in [0.1, 0.15) is 0 Å². The second-order valence-electron chi connectivity index (χ2n) is 7.41. The molecule has 32 heavy (non-hydrogen) atoms. The summed E-state index contributed by atoms with van der Waals surface area (Å²) >= 11 is 0. The van der Waals surface area contributed by atoms with E-state index in [1.165, 1.54) is 30.7 Å². The first-order valence-corrected chi connectivity index (χ1v) is 12.5. The Balaban J connectivity index is 1.98. The molecule has 0 N–H and O–H groups in total. The van der Waals surface area contributed by atoms with Crippen molar-refractivity contribution in [3.05, 3.63) is 152 Å². The van der Waals surface area contributed by atoms with Crippen LogP contribution in [0, 0.1) is 0 Å². The molecule has 0 spiro atoms. The first-order chi connectivity index (χ1) is 15.8. The SMILES string of the molecule is C=C/C=C\C(=C/C)c1ccc(S(c2ccccc2)(c2ccccc2)c2ccccc2)cc1. The summed E-state index contributed by atoms with van der Waals surface area (Å²) in [4.78, 5) is 5.34. The van der Waals surface area contributed by atoms with E-state index in [0.29, 0.717) is 0 Å². The van der Waals surface area contributed by atoms with Crippen molar-refractivity contribution in [2.45, 2.75) is 26.5 Å². The number of rotatable bonds is 7. The van der Waals surface area contributed by atoms with Crippen LogP contribution in [0.25, 0.3) is 5.57 Å². The topological polar surface area (TPSA) is 0 Å². The van der Waals surface area contributed by atoms with E-state index < -0.39 is 10.0 Å². The van der Waals surface area contributed by atoms with E-state index in [4.69, 9.17) is 0 Å². The lowest BCUT2D eigenvalue weighted by molar-refractivity contribution is 1.24.